The second-order valence-electron chi connectivity index (χ2n) is 5.03. The molecule has 0 fully saturated rings. The lowest BCUT2D eigenvalue weighted by Gasteiger charge is -2.11. The Bertz CT molecular complexity index is 898. The minimum Gasteiger partial charge on any atom is -0.293 e. The number of aromatic nitrogens is 4. The van der Waals surface area contributed by atoms with Crippen LogP contribution in [0.5, 0.6) is 0 Å². The van der Waals surface area contributed by atoms with E-state index in [9.17, 15) is 13.6 Å². The molecule has 3 aromatic rings. The minimum atomic E-state index is -3.02. The molecule has 0 aromatic carbocycles. The highest BCUT2D eigenvalue weighted by Gasteiger charge is 2.26. The van der Waals surface area contributed by atoms with E-state index in [2.05, 4.69) is 14.3 Å². The lowest BCUT2D eigenvalue weighted by Crippen LogP contribution is -2.22. The number of pyridine rings is 1. The third-order valence-electron chi connectivity index (χ3n) is 3.22. The van der Waals surface area contributed by atoms with Gasteiger partial charge in [-0.05, 0) is 30.6 Å². The molecule has 8 heteroatoms. The first-order valence-electron chi connectivity index (χ1n) is 6.52. The molecule has 0 spiro atoms. The zero-order valence-corrected chi connectivity index (χ0v) is 12.7. The molecular weight excluding hydrogens is 310 g/mol. The Morgan fingerprint density at radius 1 is 1.36 bits per heavy atom. The Hall–Kier alpha value is -2.22. The Morgan fingerprint density at radius 2 is 2.14 bits per heavy atom. The maximum Gasteiger partial charge on any atom is 0.286 e. The quantitative estimate of drug-likeness (QED) is 0.744. The fourth-order valence-electron chi connectivity index (χ4n) is 2.11. The third kappa shape index (κ3) is 2.61. The molecule has 3 rings (SSSR count). The first kappa shape index (κ1) is 14.7. The monoisotopic (exact) mass is 322 g/mol. The fourth-order valence-corrected chi connectivity index (χ4v) is 2.84. The normalized spacial score (nSPS) is 12.0. The van der Waals surface area contributed by atoms with E-state index < -0.39 is 5.92 Å². The molecule has 3 aromatic heterocycles. The average molecular weight is 322 g/mol. The van der Waals surface area contributed by atoms with Crippen LogP contribution in [0.15, 0.2) is 29.3 Å². The molecule has 0 aliphatic rings. The number of alkyl halides is 2. The molecule has 22 heavy (non-hydrogen) atoms. The van der Waals surface area contributed by atoms with E-state index in [0.717, 1.165) is 18.5 Å². The molecule has 0 bridgehead atoms. The van der Waals surface area contributed by atoms with Crippen molar-refractivity contribution < 1.29 is 8.78 Å². The van der Waals surface area contributed by atoms with Gasteiger partial charge in [-0.3, -0.25) is 9.36 Å². The Labute approximate surface area is 128 Å². The molecular formula is C14H12F2N4OS. The highest BCUT2D eigenvalue weighted by Crippen LogP contribution is 2.25. The summed E-state index contributed by atoms with van der Waals surface area (Å²) in [4.78, 5) is 21.1. The molecule has 0 saturated carbocycles. The van der Waals surface area contributed by atoms with Gasteiger partial charge in [0.25, 0.3) is 11.5 Å². The third-order valence-corrected chi connectivity index (χ3v) is 4.07. The summed E-state index contributed by atoms with van der Waals surface area (Å²) in [6.45, 7) is 2.61. The number of halogens is 2. The predicted molar refractivity (Wildman–Crippen MR) is 79.3 cm³/mol. The Kier molecular flexibility index (Phi) is 3.48. The molecule has 0 aliphatic heterocycles. The molecule has 114 valence electrons. The van der Waals surface area contributed by atoms with E-state index in [1.54, 1.807) is 13.0 Å². The second-order valence-corrected chi connectivity index (χ2v) is 5.78. The molecule has 0 atom stereocenters. The van der Waals surface area contributed by atoms with Gasteiger partial charge in [-0.15, -0.1) is 0 Å². The van der Waals surface area contributed by atoms with Gasteiger partial charge in [0.1, 0.15) is 5.69 Å². The Morgan fingerprint density at radius 3 is 2.86 bits per heavy atom. The van der Waals surface area contributed by atoms with E-state index >= 15 is 0 Å². The maximum absolute atomic E-state index is 13.3. The zero-order valence-electron chi connectivity index (χ0n) is 11.9. The van der Waals surface area contributed by atoms with Crippen LogP contribution in [0.4, 0.5) is 8.78 Å². The largest absolute Gasteiger partial charge is 0.293 e. The standard InChI is InChI=1S/C14H12F2N4OS/c1-8-11-12(22-19-8)17-7-20(13(11)21)6-9-4-3-5-10(18-9)14(2,15)16/h3-5,7H,6H2,1-2H3. The van der Waals surface area contributed by atoms with Crippen molar-refractivity contribution in [2.24, 2.45) is 0 Å². The van der Waals surface area contributed by atoms with Gasteiger partial charge in [0.05, 0.1) is 29.6 Å². The van der Waals surface area contributed by atoms with Crippen molar-refractivity contribution in [3.63, 3.8) is 0 Å². The van der Waals surface area contributed by atoms with Crippen LogP contribution in [0, 0.1) is 6.92 Å². The average Bonchev–Trinajstić information content (AvgIpc) is 2.84. The summed E-state index contributed by atoms with van der Waals surface area (Å²) in [7, 11) is 0. The zero-order chi connectivity index (χ0) is 15.9. The number of nitrogens with zero attached hydrogens (tertiary/aromatic N) is 4. The number of hydrogen-bond acceptors (Lipinski definition) is 5. The van der Waals surface area contributed by atoms with Crippen LogP contribution in [-0.4, -0.2) is 18.9 Å². The summed E-state index contributed by atoms with van der Waals surface area (Å²) in [5.74, 6) is -3.02. The van der Waals surface area contributed by atoms with Crippen molar-refractivity contribution in [1.82, 2.24) is 18.9 Å². The Balaban J connectivity index is 2.02. The number of hydrogen-bond donors (Lipinski definition) is 0. The number of fused-ring (bicyclic) bond motifs is 1. The molecule has 0 aliphatic carbocycles. The maximum atomic E-state index is 13.3. The summed E-state index contributed by atoms with van der Waals surface area (Å²) in [6, 6.07) is 4.37. The van der Waals surface area contributed by atoms with E-state index in [1.807, 2.05) is 0 Å². The number of aryl methyl sites for hydroxylation is 1. The van der Waals surface area contributed by atoms with Crippen LogP contribution in [0.3, 0.4) is 0 Å². The number of rotatable bonds is 3. The van der Waals surface area contributed by atoms with Gasteiger partial charge in [0.15, 0.2) is 4.83 Å². The lowest BCUT2D eigenvalue weighted by atomic mass is 10.2. The molecule has 0 saturated heterocycles. The molecule has 0 unspecified atom stereocenters. The summed E-state index contributed by atoms with van der Waals surface area (Å²) < 4.78 is 32.1. The summed E-state index contributed by atoms with van der Waals surface area (Å²) in [5.41, 5.74) is 0.434. The van der Waals surface area contributed by atoms with Gasteiger partial charge in [0, 0.05) is 6.92 Å². The van der Waals surface area contributed by atoms with Gasteiger partial charge in [-0.1, -0.05) is 6.07 Å². The van der Waals surface area contributed by atoms with Crippen molar-refractivity contribution in [3.05, 3.63) is 52.0 Å². The molecule has 5 nitrogen and oxygen atoms in total. The van der Waals surface area contributed by atoms with Crippen LogP contribution in [0.25, 0.3) is 10.2 Å². The van der Waals surface area contributed by atoms with Crippen LogP contribution in [0.1, 0.15) is 24.0 Å². The first-order valence-corrected chi connectivity index (χ1v) is 7.29. The van der Waals surface area contributed by atoms with Crippen molar-refractivity contribution in [2.75, 3.05) is 0 Å². The van der Waals surface area contributed by atoms with Crippen molar-refractivity contribution in [1.29, 1.82) is 0 Å². The van der Waals surface area contributed by atoms with E-state index in [4.69, 9.17) is 0 Å². The van der Waals surface area contributed by atoms with Crippen LogP contribution in [-0.2, 0) is 12.5 Å². The first-order chi connectivity index (χ1) is 10.4. The van der Waals surface area contributed by atoms with E-state index in [1.165, 1.54) is 23.0 Å². The molecule has 0 amide bonds. The van der Waals surface area contributed by atoms with Gasteiger partial charge in [-0.25, -0.2) is 9.97 Å². The van der Waals surface area contributed by atoms with Crippen LogP contribution < -0.4 is 5.56 Å². The predicted octanol–water partition coefficient (Wildman–Crippen LogP) is 2.72. The molecule has 0 N–H and O–H groups in total. The summed E-state index contributed by atoms with van der Waals surface area (Å²) >= 11 is 1.16. The van der Waals surface area contributed by atoms with Gasteiger partial charge >= 0.3 is 0 Å². The topological polar surface area (TPSA) is 60.7 Å². The highest BCUT2D eigenvalue weighted by atomic mass is 32.1. The molecule has 0 radical (unpaired) electrons. The van der Waals surface area contributed by atoms with Crippen LogP contribution >= 0.6 is 11.5 Å². The van der Waals surface area contributed by atoms with E-state index in [0.29, 0.717) is 21.6 Å². The fraction of sp³-hybridized carbons (Fsp3) is 0.286. The highest BCUT2D eigenvalue weighted by molar-refractivity contribution is 7.12. The molecule has 3 heterocycles. The van der Waals surface area contributed by atoms with Crippen molar-refractivity contribution >= 4 is 21.7 Å². The van der Waals surface area contributed by atoms with Gasteiger partial charge in [-0.2, -0.15) is 13.2 Å². The SMILES string of the molecule is Cc1nsc2ncn(Cc3cccc(C(C)(F)F)n3)c(=O)c12. The second kappa shape index (κ2) is 5.20. The van der Waals surface area contributed by atoms with E-state index in [-0.39, 0.29) is 17.8 Å². The van der Waals surface area contributed by atoms with Crippen LogP contribution in [0.2, 0.25) is 0 Å². The smallest absolute Gasteiger partial charge is 0.286 e. The summed E-state index contributed by atoms with van der Waals surface area (Å²) in [6.07, 6.45) is 1.39. The van der Waals surface area contributed by atoms with Crippen molar-refractivity contribution in [3.8, 4) is 0 Å². The lowest BCUT2D eigenvalue weighted by molar-refractivity contribution is 0.0125. The van der Waals surface area contributed by atoms with Gasteiger partial charge < -0.3 is 0 Å². The van der Waals surface area contributed by atoms with Crippen molar-refractivity contribution in [2.45, 2.75) is 26.3 Å². The summed E-state index contributed by atoms with van der Waals surface area (Å²) in [5, 5.41) is 0.462. The minimum absolute atomic E-state index is 0.0843. The van der Waals surface area contributed by atoms with Gasteiger partial charge in [0.2, 0.25) is 0 Å².